The van der Waals surface area contributed by atoms with E-state index in [4.69, 9.17) is 9.47 Å². The van der Waals surface area contributed by atoms with Crippen LogP contribution in [0.5, 0.6) is 11.5 Å². The lowest BCUT2D eigenvalue weighted by Gasteiger charge is -2.34. The summed E-state index contributed by atoms with van der Waals surface area (Å²) >= 11 is 0. The van der Waals surface area contributed by atoms with Crippen LogP contribution in [0.1, 0.15) is 19.8 Å². The lowest BCUT2D eigenvalue weighted by atomic mass is 10.1. The molecule has 0 amide bonds. The second-order valence-corrected chi connectivity index (χ2v) is 8.96. The number of nitrogens with zero attached hydrogens (tertiary/aromatic N) is 1. The summed E-state index contributed by atoms with van der Waals surface area (Å²) in [5, 5.41) is 6.38. The van der Waals surface area contributed by atoms with Gasteiger partial charge < -0.3 is 14.8 Å². The van der Waals surface area contributed by atoms with Crippen molar-refractivity contribution in [1.82, 2.24) is 14.9 Å². The van der Waals surface area contributed by atoms with E-state index >= 15 is 0 Å². The molecule has 1 aromatic carbocycles. The topological polar surface area (TPSA) is 79.9 Å². The molecule has 2 heterocycles. The second kappa shape index (κ2) is 7.49. The molecule has 25 heavy (non-hydrogen) atoms. The first kappa shape index (κ1) is 18.4. The molecule has 0 unspecified atom stereocenters. The molecule has 1 aromatic rings. The maximum Gasteiger partial charge on any atom is 0.215 e. The van der Waals surface area contributed by atoms with Crippen molar-refractivity contribution in [1.29, 1.82) is 0 Å². The van der Waals surface area contributed by atoms with Gasteiger partial charge in [-0.3, -0.25) is 5.32 Å². The zero-order chi connectivity index (χ0) is 17.9. The first-order chi connectivity index (χ1) is 11.9. The molecule has 2 aliphatic heterocycles. The minimum atomic E-state index is -3.28. The van der Waals surface area contributed by atoms with Crippen molar-refractivity contribution in [3.05, 3.63) is 24.3 Å². The van der Waals surface area contributed by atoms with Gasteiger partial charge in [-0.1, -0.05) is 6.07 Å². The van der Waals surface area contributed by atoms with Gasteiger partial charge in [0.1, 0.15) is 17.6 Å². The normalized spacial score (nSPS) is 25.8. The van der Waals surface area contributed by atoms with Gasteiger partial charge in [0.15, 0.2) is 0 Å². The van der Waals surface area contributed by atoms with Gasteiger partial charge in [0, 0.05) is 37.9 Å². The van der Waals surface area contributed by atoms with Crippen LogP contribution in [0.4, 0.5) is 0 Å². The van der Waals surface area contributed by atoms with Crippen LogP contribution in [0.15, 0.2) is 24.3 Å². The molecular formula is C17H27N3O4S. The predicted octanol–water partition coefficient (Wildman–Crippen LogP) is 0.777. The molecule has 0 saturated carbocycles. The Balaban J connectivity index is 1.54. The highest BCUT2D eigenvalue weighted by molar-refractivity contribution is 7.89. The SMILES string of the molecule is COc1cccc(OC2CCN(S(=O)(=O)C[C@]3(C)CNCN3)CC2)c1. The number of hydrogen-bond acceptors (Lipinski definition) is 6. The van der Waals surface area contributed by atoms with Crippen LogP contribution in [0, 0.1) is 0 Å². The van der Waals surface area contributed by atoms with E-state index in [1.807, 2.05) is 31.2 Å². The van der Waals surface area contributed by atoms with Crippen LogP contribution in [-0.2, 0) is 10.0 Å². The Morgan fingerprint density at radius 3 is 2.64 bits per heavy atom. The van der Waals surface area contributed by atoms with Gasteiger partial charge >= 0.3 is 0 Å². The monoisotopic (exact) mass is 369 g/mol. The Morgan fingerprint density at radius 2 is 2.00 bits per heavy atom. The first-order valence-corrected chi connectivity index (χ1v) is 10.3. The van der Waals surface area contributed by atoms with Gasteiger partial charge in [-0.15, -0.1) is 0 Å². The van der Waals surface area contributed by atoms with Crippen molar-refractivity contribution in [2.45, 2.75) is 31.4 Å². The molecule has 2 aliphatic rings. The molecule has 7 nitrogen and oxygen atoms in total. The van der Waals surface area contributed by atoms with Gasteiger partial charge in [-0.2, -0.15) is 0 Å². The van der Waals surface area contributed by atoms with E-state index in [1.165, 1.54) is 0 Å². The van der Waals surface area contributed by atoms with E-state index in [0.717, 1.165) is 11.5 Å². The van der Waals surface area contributed by atoms with Crippen LogP contribution in [0.25, 0.3) is 0 Å². The Bertz CT molecular complexity index is 681. The molecule has 2 saturated heterocycles. The highest BCUT2D eigenvalue weighted by Gasteiger charge is 2.37. The Hall–Kier alpha value is -1.35. The quantitative estimate of drug-likeness (QED) is 0.771. The molecular weight excluding hydrogens is 342 g/mol. The number of sulfonamides is 1. The average Bonchev–Trinajstić information content (AvgIpc) is 3.01. The van der Waals surface area contributed by atoms with Crippen LogP contribution in [-0.4, -0.2) is 63.5 Å². The molecule has 0 spiro atoms. The zero-order valence-corrected chi connectivity index (χ0v) is 15.6. The molecule has 2 N–H and O–H groups in total. The number of ether oxygens (including phenoxy) is 2. The molecule has 3 rings (SSSR count). The smallest absolute Gasteiger partial charge is 0.215 e. The summed E-state index contributed by atoms with van der Waals surface area (Å²) in [5.41, 5.74) is -0.396. The van der Waals surface area contributed by atoms with E-state index < -0.39 is 15.6 Å². The fourth-order valence-corrected chi connectivity index (χ4v) is 5.33. The molecule has 0 bridgehead atoms. The molecule has 2 fully saturated rings. The van der Waals surface area contributed by atoms with E-state index in [9.17, 15) is 8.42 Å². The third-order valence-corrected chi connectivity index (χ3v) is 6.95. The fraction of sp³-hybridized carbons (Fsp3) is 0.647. The Labute approximate surface area is 149 Å². The summed E-state index contributed by atoms with van der Waals surface area (Å²) in [4.78, 5) is 0. The average molecular weight is 369 g/mol. The number of piperidine rings is 1. The van der Waals surface area contributed by atoms with Gasteiger partial charge in [-0.25, -0.2) is 12.7 Å². The van der Waals surface area contributed by atoms with Crippen molar-refractivity contribution in [2.24, 2.45) is 0 Å². The third kappa shape index (κ3) is 4.63. The standard InChI is InChI=1S/C17H27N3O4S/c1-17(11-18-13-19-17)12-25(21,22)20-8-6-14(7-9-20)24-16-5-3-4-15(10-16)23-2/h3-5,10,14,18-19H,6-9,11-13H2,1-2H3/t17-/m0/s1. The Kier molecular flexibility index (Phi) is 5.52. The lowest BCUT2D eigenvalue weighted by Crippen LogP contribution is -2.51. The van der Waals surface area contributed by atoms with Gasteiger partial charge in [0.05, 0.1) is 12.9 Å². The molecule has 140 valence electrons. The molecule has 8 heteroatoms. The minimum Gasteiger partial charge on any atom is -0.497 e. The summed E-state index contributed by atoms with van der Waals surface area (Å²) in [7, 11) is -1.65. The number of hydrogen-bond donors (Lipinski definition) is 2. The van der Waals surface area contributed by atoms with Crippen LogP contribution in [0.2, 0.25) is 0 Å². The summed E-state index contributed by atoms with van der Waals surface area (Å²) in [6.45, 7) is 4.27. The van der Waals surface area contributed by atoms with Crippen molar-refractivity contribution >= 4 is 10.0 Å². The summed E-state index contributed by atoms with van der Waals surface area (Å²) in [6, 6.07) is 7.50. The molecule has 0 aliphatic carbocycles. The number of benzene rings is 1. The molecule has 1 atom stereocenters. The van der Waals surface area contributed by atoms with Crippen molar-refractivity contribution in [2.75, 3.05) is 39.2 Å². The van der Waals surface area contributed by atoms with Gasteiger partial charge in [-0.05, 0) is 31.9 Å². The van der Waals surface area contributed by atoms with Crippen molar-refractivity contribution in [3.8, 4) is 11.5 Å². The second-order valence-electron chi connectivity index (χ2n) is 6.99. The maximum absolute atomic E-state index is 12.7. The van der Waals surface area contributed by atoms with Crippen LogP contribution in [0.3, 0.4) is 0 Å². The van der Waals surface area contributed by atoms with Crippen LogP contribution < -0.4 is 20.1 Å². The Morgan fingerprint density at radius 1 is 1.28 bits per heavy atom. The van der Waals surface area contributed by atoms with E-state index in [2.05, 4.69) is 10.6 Å². The summed E-state index contributed by atoms with van der Waals surface area (Å²) in [6.07, 6.45) is 1.41. The van der Waals surface area contributed by atoms with Crippen LogP contribution >= 0.6 is 0 Å². The van der Waals surface area contributed by atoms with Crippen molar-refractivity contribution in [3.63, 3.8) is 0 Å². The molecule has 0 radical (unpaired) electrons. The largest absolute Gasteiger partial charge is 0.497 e. The van der Waals surface area contributed by atoms with Gasteiger partial charge in [0.25, 0.3) is 0 Å². The number of nitrogens with one attached hydrogen (secondary N) is 2. The number of rotatable bonds is 6. The van der Waals surface area contributed by atoms with E-state index in [-0.39, 0.29) is 11.9 Å². The van der Waals surface area contributed by atoms with Crippen molar-refractivity contribution < 1.29 is 17.9 Å². The summed E-state index contributed by atoms with van der Waals surface area (Å²) < 4.78 is 38.2. The fourth-order valence-electron chi connectivity index (χ4n) is 3.37. The van der Waals surface area contributed by atoms with Gasteiger partial charge in [0.2, 0.25) is 10.0 Å². The maximum atomic E-state index is 12.7. The summed E-state index contributed by atoms with van der Waals surface area (Å²) in [5.74, 6) is 1.63. The molecule has 0 aromatic heterocycles. The highest BCUT2D eigenvalue weighted by atomic mass is 32.2. The first-order valence-electron chi connectivity index (χ1n) is 8.64. The highest BCUT2D eigenvalue weighted by Crippen LogP contribution is 2.25. The lowest BCUT2D eigenvalue weighted by molar-refractivity contribution is 0.134. The van der Waals surface area contributed by atoms with E-state index in [1.54, 1.807) is 11.4 Å². The van der Waals surface area contributed by atoms with E-state index in [0.29, 0.717) is 39.1 Å². The third-order valence-electron chi connectivity index (χ3n) is 4.79. The predicted molar refractivity (Wildman–Crippen MR) is 96.4 cm³/mol. The zero-order valence-electron chi connectivity index (χ0n) is 14.8. The number of methoxy groups -OCH3 is 1. The minimum absolute atomic E-state index is 0.0282.